The molecule has 0 fully saturated rings. The summed E-state index contributed by atoms with van der Waals surface area (Å²) in [5, 5.41) is 17.0. The van der Waals surface area contributed by atoms with Crippen LogP contribution in [0.4, 0.5) is 11.5 Å². The number of rotatable bonds is 6. The van der Waals surface area contributed by atoms with Crippen molar-refractivity contribution in [2.45, 2.75) is 26.9 Å². The highest BCUT2D eigenvalue weighted by Crippen LogP contribution is 2.20. The summed E-state index contributed by atoms with van der Waals surface area (Å²) >= 11 is 0. The maximum atomic E-state index is 9.12. The fourth-order valence-corrected chi connectivity index (χ4v) is 2.25. The van der Waals surface area contributed by atoms with E-state index in [0.717, 1.165) is 23.6 Å². The third kappa shape index (κ3) is 3.55. The molecule has 1 heterocycles. The van der Waals surface area contributed by atoms with Crippen LogP contribution in [-0.4, -0.2) is 35.6 Å². The molecule has 5 heteroatoms. The van der Waals surface area contributed by atoms with Gasteiger partial charge in [0.2, 0.25) is 0 Å². The first-order chi connectivity index (χ1) is 10.0. The van der Waals surface area contributed by atoms with Crippen molar-refractivity contribution in [3.63, 3.8) is 0 Å². The Morgan fingerprint density at radius 3 is 2.43 bits per heavy atom. The number of hydrogen-bond donors (Lipinski definition) is 2. The van der Waals surface area contributed by atoms with Gasteiger partial charge in [-0.15, -0.1) is 0 Å². The molecule has 0 aliphatic heterocycles. The molecule has 0 radical (unpaired) electrons. The van der Waals surface area contributed by atoms with Crippen LogP contribution < -0.4 is 10.2 Å². The van der Waals surface area contributed by atoms with Crippen molar-refractivity contribution in [1.29, 1.82) is 0 Å². The summed E-state index contributed by atoms with van der Waals surface area (Å²) in [6.45, 7) is 5.38. The standard InChI is InChI=1S/C16H24N4O/c1-12-13(2)18-20(9-10-21)16(12)17-11-14-5-7-15(8-6-14)19(3)4/h5-8,17,21H,9-11H2,1-4H3. The first kappa shape index (κ1) is 15.4. The number of aliphatic hydroxyl groups is 1. The molecule has 5 nitrogen and oxygen atoms in total. The summed E-state index contributed by atoms with van der Waals surface area (Å²) in [4.78, 5) is 2.08. The molecule has 1 aromatic heterocycles. The van der Waals surface area contributed by atoms with Crippen molar-refractivity contribution in [2.75, 3.05) is 30.9 Å². The molecule has 114 valence electrons. The van der Waals surface area contributed by atoms with E-state index in [1.54, 1.807) is 0 Å². The zero-order chi connectivity index (χ0) is 15.4. The van der Waals surface area contributed by atoms with Crippen LogP contribution in [0.25, 0.3) is 0 Å². The van der Waals surface area contributed by atoms with Gasteiger partial charge in [0, 0.05) is 31.9 Å². The lowest BCUT2D eigenvalue weighted by Gasteiger charge is -2.14. The van der Waals surface area contributed by atoms with Crippen molar-refractivity contribution in [1.82, 2.24) is 9.78 Å². The highest BCUT2D eigenvalue weighted by Gasteiger charge is 2.10. The second-order valence-corrected chi connectivity index (χ2v) is 5.42. The summed E-state index contributed by atoms with van der Waals surface area (Å²) in [5.74, 6) is 0.984. The second-order valence-electron chi connectivity index (χ2n) is 5.42. The van der Waals surface area contributed by atoms with E-state index in [4.69, 9.17) is 5.11 Å². The van der Waals surface area contributed by atoms with Crippen molar-refractivity contribution < 1.29 is 5.11 Å². The zero-order valence-electron chi connectivity index (χ0n) is 13.2. The number of benzene rings is 1. The molecular formula is C16H24N4O. The minimum absolute atomic E-state index is 0.0901. The van der Waals surface area contributed by atoms with Crippen LogP contribution in [-0.2, 0) is 13.1 Å². The molecule has 0 saturated carbocycles. The molecule has 2 N–H and O–H groups in total. The maximum absolute atomic E-state index is 9.12. The Balaban J connectivity index is 2.09. The van der Waals surface area contributed by atoms with E-state index in [-0.39, 0.29) is 6.61 Å². The first-order valence-electron chi connectivity index (χ1n) is 7.18. The van der Waals surface area contributed by atoms with Gasteiger partial charge in [0.15, 0.2) is 0 Å². The number of aliphatic hydroxyl groups excluding tert-OH is 1. The van der Waals surface area contributed by atoms with Crippen LogP contribution in [0, 0.1) is 13.8 Å². The number of anilines is 2. The number of aryl methyl sites for hydroxylation is 1. The molecule has 21 heavy (non-hydrogen) atoms. The fraction of sp³-hybridized carbons (Fsp3) is 0.438. The molecule has 0 bridgehead atoms. The number of hydrogen-bond acceptors (Lipinski definition) is 4. The van der Waals surface area contributed by atoms with Gasteiger partial charge in [-0.25, -0.2) is 4.68 Å². The molecule has 1 aromatic carbocycles. The summed E-state index contributed by atoms with van der Waals surface area (Å²) in [7, 11) is 4.07. The molecule has 0 aliphatic carbocycles. The van der Waals surface area contributed by atoms with Crippen LogP contribution >= 0.6 is 0 Å². The van der Waals surface area contributed by atoms with Crippen molar-refractivity contribution in [3.05, 3.63) is 41.1 Å². The van der Waals surface area contributed by atoms with Crippen molar-refractivity contribution in [2.24, 2.45) is 0 Å². The van der Waals surface area contributed by atoms with Gasteiger partial charge in [-0.1, -0.05) is 12.1 Å². The normalized spacial score (nSPS) is 10.7. The van der Waals surface area contributed by atoms with Crippen molar-refractivity contribution >= 4 is 11.5 Å². The lowest BCUT2D eigenvalue weighted by molar-refractivity contribution is 0.270. The minimum Gasteiger partial charge on any atom is -0.394 e. The number of nitrogens with one attached hydrogen (secondary N) is 1. The monoisotopic (exact) mass is 288 g/mol. The Morgan fingerprint density at radius 2 is 1.86 bits per heavy atom. The molecule has 2 rings (SSSR count). The van der Waals surface area contributed by atoms with Crippen LogP contribution in [0.5, 0.6) is 0 Å². The van der Waals surface area contributed by atoms with Gasteiger partial charge in [-0.2, -0.15) is 5.10 Å². The highest BCUT2D eigenvalue weighted by atomic mass is 16.3. The van der Waals surface area contributed by atoms with Gasteiger partial charge in [-0.3, -0.25) is 0 Å². The average molecular weight is 288 g/mol. The van der Waals surface area contributed by atoms with Crippen LogP contribution in [0.2, 0.25) is 0 Å². The molecule has 0 amide bonds. The molecule has 2 aromatic rings. The Bertz CT molecular complexity index is 587. The van der Waals surface area contributed by atoms with Crippen LogP contribution in [0.3, 0.4) is 0 Å². The molecule has 0 unspecified atom stereocenters. The summed E-state index contributed by atoms with van der Waals surface area (Å²) in [5.41, 5.74) is 4.53. The quantitative estimate of drug-likeness (QED) is 0.855. The van der Waals surface area contributed by atoms with E-state index in [1.165, 1.54) is 11.3 Å². The topological polar surface area (TPSA) is 53.3 Å². The van der Waals surface area contributed by atoms with Gasteiger partial charge in [0.25, 0.3) is 0 Å². The third-order valence-electron chi connectivity index (χ3n) is 3.65. The van der Waals surface area contributed by atoms with E-state index in [9.17, 15) is 0 Å². The van der Waals surface area contributed by atoms with E-state index >= 15 is 0 Å². The number of nitrogens with zero attached hydrogens (tertiary/aromatic N) is 3. The third-order valence-corrected chi connectivity index (χ3v) is 3.65. The lowest BCUT2D eigenvalue weighted by atomic mass is 10.2. The predicted octanol–water partition coefficient (Wildman–Crippen LogP) is 2.17. The van der Waals surface area contributed by atoms with E-state index < -0.39 is 0 Å². The first-order valence-corrected chi connectivity index (χ1v) is 7.18. The average Bonchev–Trinajstić information content (AvgIpc) is 2.73. The minimum atomic E-state index is 0.0901. The van der Waals surface area contributed by atoms with Crippen LogP contribution in [0.1, 0.15) is 16.8 Å². The van der Waals surface area contributed by atoms with Crippen molar-refractivity contribution in [3.8, 4) is 0 Å². The van der Waals surface area contributed by atoms with Gasteiger partial charge >= 0.3 is 0 Å². The number of aromatic nitrogens is 2. The van der Waals surface area contributed by atoms with Gasteiger partial charge in [0.1, 0.15) is 5.82 Å². The SMILES string of the molecule is Cc1nn(CCO)c(NCc2ccc(N(C)C)cc2)c1C. The molecule has 0 spiro atoms. The lowest BCUT2D eigenvalue weighted by Crippen LogP contribution is -2.11. The Kier molecular flexibility index (Phi) is 4.85. The summed E-state index contributed by atoms with van der Waals surface area (Å²) in [6, 6.07) is 8.47. The largest absolute Gasteiger partial charge is 0.394 e. The van der Waals surface area contributed by atoms with E-state index in [2.05, 4.69) is 39.6 Å². The molecule has 0 aliphatic rings. The second kappa shape index (κ2) is 6.63. The summed E-state index contributed by atoms with van der Waals surface area (Å²) < 4.78 is 1.83. The fourth-order valence-electron chi connectivity index (χ4n) is 2.25. The Labute approximate surface area is 126 Å². The molecule has 0 atom stereocenters. The van der Waals surface area contributed by atoms with E-state index in [0.29, 0.717) is 6.54 Å². The maximum Gasteiger partial charge on any atom is 0.127 e. The highest BCUT2D eigenvalue weighted by molar-refractivity contribution is 5.49. The molecule has 0 saturated heterocycles. The van der Waals surface area contributed by atoms with E-state index in [1.807, 2.05) is 32.6 Å². The predicted molar refractivity (Wildman–Crippen MR) is 86.9 cm³/mol. The van der Waals surface area contributed by atoms with Crippen LogP contribution in [0.15, 0.2) is 24.3 Å². The van der Waals surface area contributed by atoms with Gasteiger partial charge < -0.3 is 15.3 Å². The smallest absolute Gasteiger partial charge is 0.127 e. The van der Waals surface area contributed by atoms with Gasteiger partial charge in [0.05, 0.1) is 18.8 Å². The Hall–Kier alpha value is -2.01. The van der Waals surface area contributed by atoms with Gasteiger partial charge in [-0.05, 0) is 31.5 Å². The zero-order valence-corrected chi connectivity index (χ0v) is 13.2. The Morgan fingerprint density at radius 1 is 1.19 bits per heavy atom. The summed E-state index contributed by atoms with van der Waals surface area (Å²) in [6.07, 6.45) is 0. The molecular weight excluding hydrogens is 264 g/mol.